The monoisotopic (exact) mass is 495 g/mol. The minimum Gasteiger partial charge on any atom is -0.496 e. The van der Waals surface area contributed by atoms with E-state index in [1.54, 1.807) is 13.3 Å². The van der Waals surface area contributed by atoms with Gasteiger partial charge in [-0.25, -0.2) is 4.98 Å². The first kappa shape index (κ1) is 17.2. The van der Waals surface area contributed by atoms with Crippen LogP contribution in [0.2, 0.25) is 0 Å². The number of hydrogen-bond donors (Lipinski definition) is 0. The van der Waals surface area contributed by atoms with Crippen LogP contribution in [-0.2, 0) is 6.61 Å². The van der Waals surface area contributed by atoms with E-state index in [1.165, 1.54) is 0 Å². The number of nitrogens with zero attached hydrogens (tertiary/aromatic N) is 1. The van der Waals surface area contributed by atoms with Gasteiger partial charge in [-0.2, -0.15) is 0 Å². The fourth-order valence-electron chi connectivity index (χ4n) is 2.31. The molecule has 5 heteroatoms. The van der Waals surface area contributed by atoms with Crippen molar-refractivity contribution in [3.8, 4) is 22.8 Å². The van der Waals surface area contributed by atoms with Crippen LogP contribution in [-0.4, -0.2) is 12.1 Å². The summed E-state index contributed by atoms with van der Waals surface area (Å²) in [5.74, 6) is 1.47. The fraction of sp³-hybridized carbons (Fsp3) is 0.105. The average Bonchev–Trinajstić information content (AvgIpc) is 2.61. The third-order valence-corrected chi connectivity index (χ3v) is 4.78. The van der Waals surface area contributed by atoms with Gasteiger partial charge in [-0.15, -0.1) is 0 Å². The number of benzene rings is 2. The van der Waals surface area contributed by atoms with Crippen LogP contribution in [0.3, 0.4) is 0 Å². The Morgan fingerprint density at radius 3 is 2.58 bits per heavy atom. The molecule has 0 atom stereocenters. The van der Waals surface area contributed by atoms with E-state index in [-0.39, 0.29) is 0 Å². The molecule has 0 aliphatic rings. The van der Waals surface area contributed by atoms with E-state index < -0.39 is 0 Å². The van der Waals surface area contributed by atoms with Crippen molar-refractivity contribution in [3.05, 3.63) is 74.4 Å². The van der Waals surface area contributed by atoms with Gasteiger partial charge >= 0.3 is 0 Å². The molecule has 0 unspecified atom stereocenters. The molecule has 2 aromatic carbocycles. The second kappa shape index (κ2) is 7.98. The molecule has 0 N–H and O–H groups in total. The third kappa shape index (κ3) is 4.08. The summed E-state index contributed by atoms with van der Waals surface area (Å²) in [5.41, 5.74) is 3.09. The lowest BCUT2D eigenvalue weighted by Gasteiger charge is -2.12. The van der Waals surface area contributed by atoms with E-state index >= 15 is 0 Å². The Bertz CT molecular complexity index is 840. The lowest BCUT2D eigenvalue weighted by atomic mass is 10.1. The molecule has 3 aromatic rings. The van der Waals surface area contributed by atoms with Gasteiger partial charge in [0.25, 0.3) is 0 Å². The Kier molecular flexibility index (Phi) is 5.73. The zero-order valence-corrected chi connectivity index (χ0v) is 16.7. The van der Waals surface area contributed by atoms with Gasteiger partial charge in [0.05, 0.1) is 10.7 Å². The highest BCUT2D eigenvalue weighted by atomic mass is 127. The van der Waals surface area contributed by atoms with Crippen molar-refractivity contribution >= 4 is 38.5 Å². The molecule has 3 nitrogen and oxygen atoms in total. The molecule has 0 fully saturated rings. The summed E-state index contributed by atoms with van der Waals surface area (Å²) in [6, 6.07) is 18.1. The van der Waals surface area contributed by atoms with Crippen LogP contribution in [0.1, 0.15) is 5.56 Å². The minimum absolute atomic E-state index is 0.482. The molecule has 0 amide bonds. The van der Waals surface area contributed by atoms with Gasteiger partial charge in [0, 0.05) is 16.2 Å². The summed E-state index contributed by atoms with van der Waals surface area (Å²) in [6.45, 7) is 0.482. The predicted molar refractivity (Wildman–Crippen MR) is 107 cm³/mol. The molecule has 0 spiro atoms. The molecule has 0 aliphatic carbocycles. The number of halogens is 2. The van der Waals surface area contributed by atoms with Gasteiger partial charge in [-0.1, -0.05) is 36.4 Å². The highest BCUT2D eigenvalue weighted by Gasteiger charge is 2.11. The van der Waals surface area contributed by atoms with E-state index in [0.717, 1.165) is 30.5 Å². The number of ether oxygens (including phenoxy) is 2. The van der Waals surface area contributed by atoms with Crippen LogP contribution in [0.25, 0.3) is 11.1 Å². The first-order chi connectivity index (χ1) is 11.7. The summed E-state index contributed by atoms with van der Waals surface area (Å²) >= 11 is 5.76. The first-order valence-electron chi connectivity index (χ1n) is 7.33. The van der Waals surface area contributed by atoms with Crippen molar-refractivity contribution in [2.45, 2.75) is 6.61 Å². The summed E-state index contributed by atoms with van der Waals surface area (Å²) in [4.78, 5) is 4.44. The molecular formula is C19H15BrINO2. The summed E-state index contributed by atoms with van der Waals surface area (Å²) in [7, 11) is 1.67. The fourth-order valence-corrected chi connectivity index (χ4v) is 3.38. The van der Waals surface area contributed by atoms with Gasteiger partial charge in [0.1, 0.15) is 12.4 Å². The molecule has 3 rings (SSSR count). The maximum absolute atomic E-state index is 5.96. The topological polar surface area (TPSA) is 31.4 Å². The molecule has 0 saturated heterocycles. The van der Waals surface area contributed by atoms with Crippen LogP contribution >= 0.6 is 38.5 Å². The molecule has 24 heavy (non-hydrogen) atoms. The lowest BCUT2D eigenvalue weighted by Crippen LogP contribution is -1.99. The van der Waals surface area contributed by atoms with Crippen molar-refractivity contribution in [1.29, 1.82) is 0 Å². The Hall–Kier alpha value is -1.60. The number of hydrogen-bond acceptors (Lipinski definition) is 3. The second-order valence-corrected chi connectivity index (χ2v) is 7.21. The molecule has 0 bridgehead atoms. The minimum atomic E-state index is 0.482. The average molecular weight is 496 g/mol. The van der Waals surface area contributed by atoms with Gasteiger partial charge in [-0.3, -0.25) is 0 Å². The van der Waals surface area contributed by atoms with Crippen LogP contribution in [0.5, 0.6) is 11.6 Å². The lowest BCUT2D eigenvalue weighted by molar-refractivity contribution is 0.295. The quantitative estimate of drug-likeness (QED) is 0.425. The van der Waals surface area contributed by atoms with Crippen molar-refractivity contribution < 1.29 is 9.47 Å². The first-order valence-corrected chi connectivity index (χ1v) is 9.20. The second-order valence-electron chi connectivity index (χ2n) is 5.13. The van der Waals surface area contributed by atoms with E-state index in [1.807, 2.05) is 48.5 Å². The summed E-state index contributed by atoms with van der Waals surface area (Å²) < 4.78 is 13.3. The third-order valence-electron chi connectivity index (χ3n) is 3.50. The maximum Gasteiger partial charge on any atom is 0.221 e. The zero-order valence-electron chi connectivity index (χ0n) is 13.0. The number of methoxy groups -OCH3 is 1. The zero-order chi connectivity index (χ0) is 16.9. The molecule has 0 saturated carbocycles. The Balaban J connectivity index is 1.92. The van der Waals surface area contributed by atoms with Gasteiger partial charge in [0.2, 0.25) is 5.88 Å². The van der Waals surface area contributed by atoms with Gasteiger partial charge in [-0.05, 0) is 67.8 Å². The van der Waals surface area contributed by atoms with Crippen LogP contribution in [0.15, 0.2) is 65.3 Å². The smallest absolute Gasteiger partial charge is 0.221 e. The van der Waals surface area contributed by atoms with Crippen molar-refractivity contribution in [2.24, 2.45) is 0 Å². The van der Waals surface area contributed by atoms with Crippen LogP contribution in [0, 0.1) is 3.57 Å². The van der Waals surface area contributed by atoms with Crippen LogP contribution < -0.4 is 9.47 Å². The van der Waals surface area contributed by atoms with E-state index in [0.29, 0.717) is 12.5 Å². The normalized spacial score (nSPS) is 10.5. The molecule has 1 heterocycles. The number of pyridine rings is 1. The predicted octanol–water partition coefficient (Wildman–Crippen LogP) is 5.70. The maximum atomic E-state index is 5.96. The standard InChI is InChI=1S/C19H15BrINO2/c1-23-18-8-7-14(9-17(18)21)16-10-15(20)11-22-19(16)24-12-13-5-3-2-4-6-13/h2-11H,12H2,1H3. The van der Waals surface area contributed by atoms with E-state index in [2.05, 4.69) is 49.6 Å². The summed E-state index contributed by atoms with van der Waals surface area (Å²) in [5, 5.41) is 0. The Morgan fingerprint density at radius 2 is 1.88 bits per heavy atom. The molecule has 0 aliphatic heterocycles. The summed E-state index contributed by atoms with van der Waals surface area (Å²) in [6.07, 6.45) is 1.75. The Labute approximate surface area is 163 Å². The van der Waals surface area contributed by atoms with Gasteiger partial charge in [0.15, 0.2) is 0 Å². The molecule has 122 valence electrons. The number of aromatic nitrogens is 1. The molecular weight excluding hydrogens is 481 g/mol. The van der Waals surface area contributed by atoms with Crippen molar-refractivity contribution in [2.75, 3.05) is 7.11 Å². The number of rotatable bonds is 5. The van der Waals surface area contributed by atoms with Gasteiger partial charge < -0.3 is 9.47 Å². The highest BCUT2D eigenvalue weighted by molar-refractivity contribution is 14.1. The Morgan fingerprint density at radius 1 is 1.08 bits per heavy atom. The van der Waals surface area contributed by atoms with E-state index in [4.69, 9.17) is 9.47 Å². The molecule has 1 aromatic heterocycles. The van der Waals surface area contributed by atoms with Crippen LogP contribution in [0.4, 0.5) is 0 Å². The van der Waals surface area contributed by atoms with E-state index in [9.17, 15) is 0 Å². The van der Waals surface area contributed by atoms with Crippen molar-refractivity contribution in [1.82, 2.24) is 4.98 Å². The van der Waals surface area contributed by atoms with Crippen molar-refractivity contribution in [3.63, 3.8) is 0 Å². The molecule has 0 radical (unpaired) electrons. The SMILES string of the molecule is COc1ccc(-c2cc(Br)cnc2OCc2ccccc2)cc1I. The largest absolute Gasteiger partial charge is 0.496 e. The highest BCUT2D eigenvalue weighted by Crippen LogP contribution is 2.34.